The Morgan fingerprint density at radius 3 is 0.816 bits per heavy atom. The molecule has 0 aliphatic heterocycles. The molecule has 0 aliphatic carbocycles. The fourth-order valence-electron chi connectivity index (χ4n) is 12.0. The van der Waals surface area contributed by atoms with E-state index in [4.69, 9.17) is 18.5 Å². The lowest BCUT2D eigenvalue weighted by Gasteiger charge is -2.24. The molecule has 0 aromatic heterocycles. The molecule has 0 saturated carbocycles. The van der Waals surface area contributed by atoms with E-state index < -0.39 is 26.5 Å². The minimum atomic E-state index is -4.40. The molecule has 2 atom stereocenters. The van der Waals surface area contributed by atoms with Crippen LogP contribution in [0.25, 0.3) is 0 Å². The highest BCUT2D eigenvalue weighted by atomic mass is 31.2. The second-order valence-electron chi connectivity index (χ2n) is 29.1. The molecule has 0 bridgehead atoms. The van der Waals surface area contributed by atoms with Gasteiger partial charge in [0.05, 0.1) is 27.7 Å². The Balaban J connectivity index is 3.90. The number of phosphoric ester groups is 1. The second kappa shape index (κ2) is 77.8. The largest absolute Gasteiger partial charge is 0.472 e. The highest BCUT2D eigenvalue weighted by molar-refractivity contribution is 7.47. The Morgan fingerprint density at radius 2 is 0.551 bits per heavy atom. The average Bonchev–Trinajstić information content (AvgIpc) is 1.23. The van der Waals surface area contributed by atoms with E-state index in [-0.39, 0.29) is 25.6 Å². The number of esters is 2. The summed E-state index contributed by atoms with van der Waals surface area (Å²) in [7, 11) is 1.49. The average molecular weight is 1390 g/mol. The van der Waals surface area contributed by atoms with Gasteiger partial charge in [-0.3, -0.25) is 18.6 Å². The number of ether oxygens (including phenoxy) is 2. The van der Waals surface area contributed by atoms with Crippen molar-refractivity contribution in [3.63, 3.8) is 0 Å². The number of unbranched alkanes of at least 4 members (excludes halogenated alkanes) is 45. The van der Waals surface area contributed by atoms with Crippen molar-refractivity contribution in [3.05, 3.63) is 109 Å². The highest BCUT2D eigenvalue weighted by Gasteiger charge is 2.27. The van der Waals surface area contributed by atoms with Gasteiger partial charge in [0.15, 0.2) is 6.10 Å². The quantitative estimate of drug-likeness (QED) is 0.0211. The molecule has 0 aromatic carbocycles. The van der Waals surface area contributed by atoms with Crippen molar-refractivity contribution in [3.8, 4) is 0 Å². The van der Waals surface area contributed by atoms with Gasteiger partial charge in [0.25, 0.3) is 0 Å². The van der Waals surface area contributed by atoms with Gasteiger partial charge < -0.3 is 18.9 Å². The van der Waals surface area contributed by atoms with Gasteiger partial charge in [0.1, 0.15) is 19.8 Å². The molecule has 0 rings (SSSR count). The standard InChI is InChI=1S/C88H158NO8P/c1-6-8-10-12-14-16-18-20-22-24-26-28-30-32-34-36-38-40-42-43-44-45-47-49-51-53-55-57-59-61-63-65-67-69-71-73-75-77-79-81-88(91)97-86(85-96-98(92,93)95-83-82-89(3,4)5)84-94-87(90)80-78-76-74-72-70-68-66-64-62-60-58-56-54-52-50-48-46-41-39-37-35-33-31-29-27-25-23-21-19-17-15-13-11-9-7-2/h8-11,14-17,20-23,26-29,32,34,86H,6-7,12-13,18-19,24-25,30-31,33,35-85H2,1-5H3/p+1/b10-8-,11-9-,16-14-,17-15-,22-20-,23-21-,28-26-,29-27-,34-32-. The lowest BCUT2D eigenvalue weighted by Crippen LogP contribution is -2.37. The fraction of sp³-hybridized carbons (Fsp3) is 0.773. The summed E-state index contributed by atoms with van der Waals surface area (Å²) in [4.78, 5) is 36.0. The van der Waals surface area contributed by atoms with Gasteiger partial charge in [0.2, 0.25) is 0 Å². The maximum absolute atomic E-state index is 12.9. The Morgan fingerprint density at radius 1 is 0.316 bits per heavy atom. The molecule has 98 heavy (non-hydrogen) atoms. The van der Waals surface area contributed by atoms with Gasteiger partial charge in [-0.1, -0.05) is 386 Å². The summed E-state index contributed by atoms with van der Waals surface area (Å²) < 4.78 is 34.9. The van der Waals surface area contributed by atoms with Crippen LogP contribution >= 0.6 is 7.82 Å². The molecule has 1 N–H and O–H groups in total. The fourth-order valence-corrected chi connectivity index (χ4v) is 12.8. The zero-order chi connectivity index (χ0) is 71.1. The summed E-state index contributed by atoms with van der Waals surface area (Å²) in [6.07, 6.45) is 111. The Kier molecular flexibility index (Phi) is 75.2. The molecular weight excluding hydrogens is 1230 g/mol. The lowest BCUT2D eigenvalue weighted by atomic mass is 10.0. The van der Waals surface area contributed by atoms with Crippen LogP contribution in [-0.2, 0) is 32.7 Å². The monoisotopic (exact) mass is 1390 g/mol. The number of allylic oxidation sites excluding steroid dienone is 18. The third-order valence-electron chi connectivity index (χ3n) is 18.3. The normalized spacial score (nSPS) is 13.6. The van der Waals surface area contributed by atoms with E-state index in [0.29, 0.717) is 23.9 Å². The molecule has 0 heterocycles. The minimum Gasteiger partial charge on any atom is -0.462 e. The summed E-state index contributed by atoms with van der Waals surface area (Å²) in [6, 6.07) is 0. The summed E-state index contributed by atoms with van der Waals surface area (Å²) in [6.45, 7) is 4.26. The first-order valence-corrected chi connectivity index (χ1v) is 43.1. The number of carbonyl (C=O) groups is 2. The molecule has 2 unspecified atom stereocenters. The molecule has 0 fully saturated rings. The SMILES string of the molecule is CC/C=C\C/C=C\C/C=C\C/C=C\C/C=C\CCCCCCCCCCCCCCCCCCCCCCCCCC(=O)OC(COC(=O)CCCCCCCCCCCCCCCCCCCCCCCC/C=C\C/C=C\C/C=C\C/C=C\CC)COP(=O)(O)OCC[N+](C)(C)C. The molecule has 0 amide bonds. The Bertz CT molecular complexity index is 2030. The van der Waals surface area contributed by atoms with Gasteiger partial charge >= 0.3 is 19.8 Å². The highest BCUT2D eigenvalue weighted by Crippen LogP contribution is 2.43. The predicted octanol–water partition coefficient (Wildman–Crippen LogP) is 28.0. The predicted molar refractivity (Wildman–Crippen MR) is 427 cm³/mol. The summed E-state index contributed by atoms with van der Waals surface area (Å²) in [5.41, 5.74) is 0. The van der Waals surface area contributed by atoms with Crippen molar-refractivity contribution in [2.45, 2.75) is 392 Å². The first kappa shape index (κ1) is 94.7. The first-order valence-electron chi connectivity index (χ1n) is 41.6. The lowest BCUT2D eigenvalue weighted by molar-refractivity contribution is -0.870. The molecule has 0 aliphatic rings. The van der Waals surface area contributed by atoms with E-state index in [0.717, 1.165) is 89.9 Å². The van der Waals surface area contributed by atoms with Crippen molar-refractivity contribution in [2.75, 3.05) is 47.5 Å². The molecule has 0 radical (unpaired) electrons. The van der Waals surface area contributed by atoms with Crippen LogP contribution < -0.4 is 0 Å². The maximum atomic E-state index is 12.9. The van der Waals surface area contributed by atoms with Gasteiger partial charge in [-0.05, 0) is 96.3 Å². The molecular formula is C88H159NO8P+. The van der Waals surface area contributed by atoms with E-state index in [1.165, 1.54) is 263 Å². The topological polar surface area (TPSA) is 108 Å². The minimum absolute atomic E-state index is 0.0321. The van der Waals surface area contributed by atoms with Crippen molar-refractivity contribution in [1.29, 1.82) is 0 Å². The van der Waals surface area contributed by atoms with Crippen molar-refractivity contribution < 1.29 is 42.1 Å². The van der Waals surface area contributed by atoms with Crippen LogP contribution in [0, 0.1) is 0 Å². The molecule has 0 aromatic rings. The third-order valence-corrected chi connectivity index (χ3v) is 19.3. The first-order chi connectivity index (χ1) is 48.0. The van der Waals surface area contributed by atoms with Gasteiger partial charge in [0, 0.05) is 12.8 Å². The van der Waals surface area contributed by atoms with E-state index in [1.807, 2.05) is 21.1 Å². The summed E-state index contributed by atoms with van der Waals surface area (Å²) >= 11 is 0. The van der Waals surface area contributed by atoms with Crippen LogP contribution in [0.1, 0.15) is 386 Å². The number of quaternary nitrogens is 1. The number of hydrogen-bond donors (Lipinski definition) is 1. The van der Waals surface area contributed by atoms with Crippen molar-refractivity contribution >= 4 is 19.8 Å². The molecule has 9 nitrogen and oxygen atoms in total. The number of hydrogen-bond acceptors (Lipinski definition) is 7. The van der Waals surface area contributed by atoms with Crippen LogP contribution in [-0.4, -0.2) is 74.9 Å². The summed E-state index contributed by atoms with van der Waals surface area (Å²) in [5.74, 6) is -0.778. The second-order valence-corrected chi connectivity index (χ2v) is 30.6. The molecule has 0 spiro atoms. The van der Waals surface area contributed by atoms with E-state index in [2.05, 4.69) is 123 Å². The van der Waals surface area contributed by atoms with E-state index >= 15 is 0 Å². The summed E-state index contributed by atoms with van der Waals surface area (Å²) in [5, 5.41) is 0. The van der Waals surface area contributed by atoms with Crippen LogP contribution in [0.15, 0.2) is 109 Å². The van der Waals surface area contributed by atoms with Crippen molar-refractivity contribution in [2.24, 2.45) is 0 Å². The Labute approximate surface area is 607 Å². The van der Waals surface area contributed by atoms with Gasteiger partial charge in [-0.2, -0.15) is 0 Å². The van der Waals surface area contributed by atoms with E-state index in [1.54, 1.807) is 0 Å². The smallest absolute Gasteiger partial charge is 0.462 e. The zero-order valence-electron chi connectivity index (χ0n) is 65.0. The van der Waals surface area contributed by atoms with E-state index in [9.17, 15) is 19.0 Å². The molecule has 0 saturated heterocycles. The number of rotatable bonds is 77. The van der Waals surface area contributed by atoms with Crippen LogP contribution in [0.2, 0.25) is 0 Å². The third kappa shape index (κ3) is 81.6. The molecule has 10 heteroatoms. The number of nitrogens with zero attached hydrogens (tertiary/aromatic N) is 1. The number of carbonyl (C=O) groups excluding carboxylic acids is 2. The van der Waals surface area contributed by atoms with Crippen LogP contribution in [0.5, 0.6) is 0 Å². The maximum Gasteiger partial charge on any atom is 0.472 e. The van der Waals surface area contributed by atoms with Crippen LogP contribution in [0.3, 0.4) is 0 Å². The van der Waals surface area contributed by atoms with Crippen molar-refractivity contribution in [1.82, 2.24) is 0 Å². The zero-order valence-corrected chi connectivity index (χ0v) is 65.9. The number of likely N-dealkylation sites (N-methyl/N-ethyl adjacent to an activating group) is 1. The molecule has 568 valence electrons. The van der Waals surface area contributed by atoms with Gasteiger partial charge in [-0.15, -0.1) is 0 Å². The van der Waals surface area contributed by atoms with Crippen LogP contribution in [0.4, 0.5) is 0 Å². The van der Waals surface area contributed by atoms with Gasteiger partial charge in [-0.25, -0.2) is 4.57 Å². The Hall–Kier alpha value is -3.33. The number of phosphoric acid groups is 1.